The lowest BCUT2D eigenvalue weighted by molar-refractivity contribution is -0.150. The maximum absolute atomic E-state index is 13.3. The molecule has 0 spiro atoms. The van der Waals surface area contributed by atoms with E-state index < -0.39 is 17.8 Å². The SMILES string of the molecule is CC(C)(C)OC(=O)N1CCOC(C(=O)N(Cc2ccc3c(Cl)c[nH]c3c2)C2CC2)C1. The molecule has 1 saturated heterocycles. The number of nitrogens with one attached hydrogen (secondary N) is 1. The topological polar surface area (TPSA) is 74.9 Å². The molecular formula is C22H28ClN3O4. The Kier molecular flexibility index (Phi) is 5.68. The lowest BCUT2D eigenvalue weighted by Crippen LogP contribution is -2.53. The Balaban J connectivity index is 1.45. The van der Waals surface area contributed by atoms with E-state index in [4.69, 9.17) is 21.1 Å². The molecule has 30 heavy (non-hydrogen) atoms. The van der Waals surface area contributed by atoms with E-state index in [1.807, 2.05) is 43.9 Å². The van der Waals surface area contributed by atoms with Crippen molar-refractivity contribution < 1.29 is 19.1 Å². The van der Waals surface area contributed by atoms with Crippen molar-refractivity contribution in [2.24, 2.45) is 0 Å². The van der Waals surface area contributed by atoms with Gasteiger partial charge in [0.15, 0.2) is 6.10 Å². The van der Waals surface area contributed by atoms with Crippen LogP contribution in [-0.4, -0.2) is 64.2 Å². The summed E-state index contributed by atoms with van der Waals surface area (Å²) in [5.41, 5.74) is 1.40. The van der Waals surface area contributed by atoms with Gasteiger partial charge in [-0.2, -0.15) is 0 Å². The van der Waals surface area contributed by atoms with Crippen LogP contribution in [0.25, 0.3) is 10.9 Å². The summed E-state index contributed by atoms with van der Waals surface area (Å²) in [6.45, 7) is 6.95. The van der Waals surface area contributed by atoms with Crippen LogP contribution in [0.4, 0.5) is 4.79 Å². The van der Waals surface area contributed by atoms with Crippen LogP contribution in [0.3, 0.4) is 0 Å². The van der Waals surface area contributed by atoms with Gasteiger partial charge in [0.05, 0.1) is 18.2 Å². The van der Waals surface area contributed by atoms with Gasteiger partial charge in [0, 0.05) is 36.2 Å². The highest BCUT2D eigenvalue weighted by atomic mass is 35.5. The molecule has 1 saturated carbocycles. The zero-order chi connectivity index (χ0) is 21.5. The second kappa shape index (κ2) is 8.12. The number of rotatable bonds is 4. The molecule has 1 N–H and O–H groups in total. The van der Waals surface area contributed by atoms with Crippen LogP contribution in [0.15, 0.2) is 24.4 Å². The summed E-state index contributed by atoms with van der Waals surface area (Å²) in [5, 5.41) is 1.65. The molecule has 1 unspecified atom stereocenters. The molecule has 2 fully saturated rings. The van der Waals surface area contributed by atoms with Crippen LogP contribution in [-0.2, 0) is 20.8 Å². The average Bonchev–Trinajstić information content (AvgIpc) is 3.47. The van der Waals surface area contributed by atoms with Crippen molar-refractivity contribution in [2.75, 3.05) is 19.7 Å². The van der Waals surface area contributed by atoms with Crippen molar-refractivity contribution in [1.29, 1.82) is 0 Å². The first-order valence-corrected chi connectivity index (χ1v) is 10.7. The predicted octanol–water partition coefficient (Wildman–Crippen LogP) is 3.95. The second-order valence-electron chi connectivity index (χ2n) is 9.00. The number of aromatic nitrogens is 1. The van der Waals surface area contributed by atoms with E-state index in [1.54, 1.807) is 11.1 Å². The number of ether oxygens (including phenoxy) is 2. The monoisotopic (exact) mass is 433 g/mol. The third-order valence-corrected chi connectivity index (χ3v) is 5.63. The van der Waals surface area contributed by atoms with Crippen molar-refractivity contribution in [1.82, 2.24) is 14.8 Å². The molecule has 162 valence electrons. The van der Waals surface area contributed by atoms with Gasteiger partial charge in [-0.3, -0.25) is 4.79 Å². The minimum absolute atomic E-state index is 0.0737. The highest BCUT2D eigenvalue weighted by Gasteiger charge is 2.39. The van der Waals surface area contributed by atoms with Gasteiger partial charge < -0.3 is 24.3 Å². The number of H-pyrrole nitrogens is 1. The number of aromatic amines is 1. The maximum atomic E-state index is 13.3. The van der Waals surface area contributed by atoms with E-state index in [-0.39, 0.29) is 18.5 Å². The Morgan fingerprint density at radius 3 is 2.80 bits per heavy atom. The van der Waals surface area contributed by atoms with Crippen LogP contribution in [0.2, 0.25) is 5.02 Å². The largest absolute Gasteiger partial charge is 0.444 e. The molecule has 2 heterocycles. The van der Waals surface area contributed by atoms with Gasteiger partial charge in [0.1, 0.15) is 5.60 Å². The third kappa shape index (κ3) is 4.73. The van der Waals surface area contributed by atoms with Gasteiger partial charge in [0.2, 0.25) is 0 Å². The van der Waals surface area contributed by atoms with E-state index in [0.717, 1.165) is 29.3 Å². The molecule has 0 radical (unpaired) electrons. The molecule has 2 aliphatic rings. The van der Waals surface area contributed by atoms with Crippen LogP contribution in [0, 0.1) is 0 Å². The number of carbonyl (C=O) groups is 2. The first-order valence-electron chi connectivity index (χ1n) is 10.4. The zero-order valence-corrected chi connectivity index (χ0v) is 18.4. The van der Waals surface area contributed by atoms with E-state index in [2.05, 4.69) is 4.98 Å². The molecule has 0 bridgehead atoms. The van der Waals surface area contributed by atoms with E-state index >= 15 is 0 Å². The molecule has 1 aliphatic heterocycles. The van der Waals surface area contributed by atoms with Gasteiger partial charge in [0.25, 0.3) is 5.91 Å². The Morgan fingerprint density at radius 1 is 1.33 bits per heavy atom. The number of morpholine rings is 1. The number of hydrogen-bond acceptors (Lipinski definition) is 4. The first-order chi connectivity index (χ1) is 14.2. The van der Waals surface area contributed by atoms with Gasteiger partial charge in [-0.15, -0.1) is 0 Å². The van der Waals surface area contributed by atoms with Crippen molar-refractivity contribution >= 4 is 34.5 Å². The predicted molar refractivity (Wildman–Crippen MR) is 114 cm³/mol. The number of nitrogens with zero attached hydrogens (tertiary/aromatic N) is 2. The number of hydrogen-bond donors (Lipinski definition) is 1. The molecular weight excluding hydrogens is 406 g/mol. The summed E-state index contributed by atoms with van der Waals surface area (Å²) in [4.78, 5) is 32.3. The number of halogens is 1. The Bertz CT molecular complexity index is 947. The molecule has 1 aromatic heterocycles. The van der Waals surface area contributed by atoms with Gasteiger partial charge in [-0.05, 0) is 45.2 Å². The quantitative estimate of drug-likeness (QED) is 0.792. The van der Waals surface area contributed by atoms with Crippen LogP contribution in [0.5, 0.6) is 0 Å². The summed E-state index contributed by atoms with van der Waals surface area (Å²) in [6, 6.07) is 6.22. The average molecular weight is 434 g/mol. The van der Waals surface area contributed by atoms with E-state index in [1.165, 1.54) is 0 Å². The Labute approximate surface area is 181 Å². The van der Waals surface area contributed by atoms with Crippen LogP contribution in [0.1, 0.15) is 39.2 Å². The fourth-order valence-electron chi connectivity index (χ4n) is 3.68. The Morgan fingerprint density at radius 2 is 2.10 bits per heavy atom. The molecule has 8 heteroatoms. The number of carbonyl (C=O) groups excluding carboxylic acids is 2. The lowest BCUT2D eigenvalue weighted by Gasteiger charge is -2.36. The van der Waals surface area contributed by atoms with Crippen LogP contribution < -0.4 is 0 Å². The lowest BCUT2D eigenvalue weighted by atomic mass is 10.1. The fraction of sp³-hybridized carbons (Fsp3) is 0.545. The van der Waals surface area contributed by atoms with Crippen molar-refractivity contribution in [2.45, 2.75) is 57.9 Å². The molecule has 1 aromatic carbocycles. The van der Waals surface area contributed by atoms with E-state index in [0.29, 0.717) is 24.7 Å². The molecule has 1 atom stereocenters. The summed E-state index contributed by atoms with van der Waals surface area (Å²) in [7, 11) is 0. The number of fused-ring (bicyclic) bond motifs is 1. The van der Waals surface area contributed by atoms with E-state index in [9.17, 15) is 9.59 Å². The maximum Gasteiger partial charge on any atom is 0.410 e. The summed E-state index contributed by atoms with van der Waals surface area (Å²) < 4.78 is 11.2. The first kappa shape index (κ1) is 21.0. The summed E-state index contributed by atoms with van der Waals surface area (Å²) in [6.07, 6.45) is 2.67. The number of amides is 2. The van der Waals surface area contributed by atoms with Gasteiger partial charge in [-0.25, -0.2) is 4.79 Å². The highest BCUT2D eigenvalue weighted by Crippen LogP contribution is 2.31. The molecule has 4 rings (SSSR count). The number of benzene rings is 1. The minimum Gasteiger partial charge on any atom is -0.444 e. The third-order valence-electron chi connectivity index (χ3n) is 5.31. The normalized spacial score (nSPS) is 19.7. The van der Waals surface area contributed by atoms with Crippen molar-refractivity contribution in [3.8, 4) is 0 Å². The molecule has 1 aliphatic carbocycles. The van der Waals surface area contributed by atoms with Crippen molar-refractivity contribution in [3.05, 3.63) is 35.0 Å². The second-order valence-corrected chi connectivity index (χ2v) is 9.41. The minimum atomic E-state index is -0.671. The summed E-state index contributed by atoms with van der Waals surface area (Å²) in [5.74, 6) is -0.0737. The standard InChI is InChI=1S/C22H28ClN3O4/c1-22(2,3)30-21(28)25-8-9-29-19(13-25)20(27)26(15-5-6-15)12-14-4-7-16-17(23)11-24-18(16)10-14/h4,7,10-11,15,19,24H,5-6,8-9,12-13H2,1-3H3. The molecule has 2 amide bonds. The Hall–Kier alpha value is -2.25. The summed E-state index contributed by atoms with van der Waals surface area (Å²) >= 11 is 6.17. The fourth-order valence-corrected chi connectivity index (χ4v) is 3.90. The smallest absolute Gasteiger partial charge is 0.410 e. The van der Waals surface area contributed by atoms with Crippen LogP contribution >= 0.6 is 11.6 Å². The van der Waals surface area contributed by atoms with Crippen molar-refractivity contribution in [3.63, 3.8) is 0 Å². The van der Waals surface area contributed by atoms with Gasteiger partial charge in [-0.1, -0.05) is 23.7 Å². The zero-order valence-electron chi connectivity index (χ0n) is 17.6. The van der Waals surface area contributed by atoms with Gasteiger partial charge >= 0.3 is 6.09 Å². The molecule has 2 aromatic rings. The molecule has 7 nitrogen and oxygen atoms in total. The highest BCUT2D eigenvalue weighted by molar-refractivity contribution is 6.35.